The highest BCUT2D eigenvalue weighted by Crippen LogP contribution is 2.25. The third-order valence-corrected chi connectivity index (χ3v) is 5.34. The molecular weight excluding hydrogens is 386 g/mol. The van der Waals surface area contributed by atoms with Crippen molar-refractivity contribution in [1.29, 1.82) is 0 Å². The van der Waals surface area contributed by atoms with Crippen molar-refractivity contribution in [1.82, 2.24) is 15.2 Å². The zero-order valence-corrected chi connectivity index (χ0v) is 16.0. The molecule has 0 amide bonds. The van der Waals surface area contributed by atoms with E-state index in [0.29, 0.717) is 5.89 Å². The van der Waals surface area contributed by atoms with Gasteiger partial charge >= 0.3 is 6.01 Å². The first-order chi connectivity index (χ1) is 14.3. The first-order valence-electron chi connectivity index (χ1n) is 9.01. The summed E-state index contributed by atoms with van der Waals surface area (Å²) < 4.78 is 5.65. The number of benzene rings is 2. The highest BCUT2D eigenvalue weighted by Gasteiger charge is 2.27. The Morgan fingerprint density at radius 3 is 2.69 bits per heavy atom. The highest BCUT2D eigenvalue weighted by atomic mass is 32.1. The molecule has 5 rings (SSSR count). The summed E-state index contributed by atoms with van der Waals surface area (Å²) in [6.45, 7) is 0. The molecule has 2 aromatic carbocycles. The molecule has 1 aliphatic rings. The van der Waals surface area contributed by atoms with E-state index in [2.05, 4.69) is 20.5 Å². The number of hydrogen-bond donors (Lipinski definition) is 1. The minimum Gasteiger partial charge on any atom is -0.402 e. The Balaban J connectivity index is 1.52. The fourth-order valence-electron chi connectivity index (χ4n) is 3.22. The maximum absolute atomic E-state index is 12.9. The van der Waals surface area contributed by atoms with Crippen LogP contribution in [-0.2, 0) is 11.2 Å². The molecule has 1 N–H and O–H groups in total. The molecule has 0 spiro atoms. The van der Waals surface area contributed by atoms with Crippen molar-refractivity contribution < 1.29 is 9.21 Å². The predicted octanol–water partition coefficient (Wildman–Crippen LogP) is 3.59. The number of anilines is 1. The number of rotatable bonds is 4. The average molecular weight is 401 g/mol. The largest absolute Gasteiger partial charge is 0.402 e. The van der Waals surface area contributed by atoms with E-state index in [1.807, 2.05) is 54.6 Å². The van der Waals surface area contributed by atoms with Gasteiger partial charge in [0.15, 0.2) is 11.9 Å². The van der Waals surface area contributed by atoms with E-state index in [9.17, 15) is 4.79 Å². The Labute approximate surface area is 170 Å². The van der Waals surface area contributed by atoms with Crippen LogP contribution in [0.3, 0.4) is 0 Å². The van der Waals surface area contributed by atoms with Gasteiger partial charge < -0.3 is 9.73 Å². The van der Waals surface area contributed by atoms with Gasteiger partial charge in [0, 0.05) is 17.5 Å². The normalized spacial score (nSPS) is 16.1. The molecule has 0 radical (unpaired) electrons. The molecule has 0 saturated carbocycles. The van der Waals surface area contributed by atoms with Gasteiger partial charge in [-0.3, -0.25) is 14.8 Å². The molecule has 142 valence electrons. The molecular formula is C21H15N5O2S. The molecule has 2 aromatic heterocycles. The Hall–Kier alpha value is -3.65. The molecule has 0 bridgehead atoms. The van der Waals surface area contributed by atoms with E-state index < -0.39 is 6.17 Å². The van der Waals surface area contributed by atoms with Gasteiger partial charge in [-0.25, -0.2) is 0 Å². The van der Waals surface area contributed by atoms with Crippen LogP contribution in [0.2, 0.25) is 0 Å². The van der Waals surface area contributed by atoms with Gasteiger partial charge in [-0.05, 0) is 5.56 Å². The molecule has 4 aromatic rings. The Bertz CT molecular complexity index is 1180. The van der Waals surface area contributed by atoms with Crippen molar-refractivity contribution in [3.05, 3.63) is 83.0 Å². The van der Waals surface area contributed by atoms with E-state index in [4.69, 9.17) is 9.41 Å². The monoisotopic (exact) mass is 401 g/mol. The van der Waals surface area contributed by atoms with Crippen LogP contribution in [0.4, 0.5) is 6.01 Å². The van der Waals surface area contributed by atoms with E-state index in [0.717, 1.165) is 27.3 Å². The van der Waals surface area contributed by atoms with Crippen LogP contribution in [0.15, 0.2) is 75.7 Å². The second-order valence-electron chi connectivity index (χ2n) is 6.47. The number of carbonyl (C=O) groups is 1. The summed E-state index contributed by atoms with van der Waals surface area (Å²) >= 11 is 1.40. The van der Waals surface area contributed by atoms with Crippen LogP contribution in [0.1, 0.15) is 16.7 Å². The van der Waals surface area contributed by atoms with E-state index in [-0.39, 0.29) is 18.2 Å². The van der Waals surface area contributed by atoms with E-state index in [1.54, 1.807) is 11.7 Å². The van der Waals surface area contributed by atoms with Crippen molar-refractivity contribution in [2.75, 3.05) is 5.32 Å². The number of carbonyl (C=O) groups excluding carboxylic acids is 1. The van der Waals surface area contributed by atoms with Crippen LogP contribution < -0.4 is 5.32 Å². The Kier molecular flexibility index (Phi) is 4.45. The first-order valence-corrected chi connectivity index (χ1v) is 9.89. The zero-order valence-electron chi connectivity index (χ0n) is 15.1. The molecule has 3 heterocycles. The SMILES string of the molecule is O=C1Cc2ccccc2C(c2ccccc2)=NC1Nc1nnc(-c2cncs2)o1. The fraction of sp³-hybridized carbons (Fsp3) is 0.0952. The lowest BCUT2D eigenvalue weighted by atomic mass is 9.96. The molecule has 29 heavy (non-hydrogen) atoms. The summed E-state index contributed by atoms with van der Waals surface area (Å²) in [7, 11) is 0. The molecule has 7 nitrogen and oxygen atoms in total. The van der Waals surface area contributed by atoms with Crippen molar-refractivity contribution in [2.45, 2.75) is 12.6 Å². The number of nitrogens with zero attached hydrogens (tertiary/aromatic N) is 4. The number of aliphatic imine (C=N–C) groups is 1. The zero-order chi connectivity index (χ0) is 19.6. The topological polar surface area (TPSA) is 93.3 Å². The minimum atomic E-state index is -0.827. The maximum Gasteiger partial charge on any atom is 0.317 e. The predicted molar refractivity (Wildman–Crippen MR) is 110 cm³/mol. The van der Waals surface area contributed by atoms with Gasteiger partial charge in [0.05, 0.1) is 17.4 Å². The Morgan fingerprint density at radius 2 is 1.86 bits per heavy atom. The third-order valence-electron chi connectivity index (χ3n) is 4.58. The average Bonchev–Trinajstić information content (AvgIpc) is 3.42. The second kappa shape index (κ2) is 7.40. The molecule has 8 heteroatoms. The van der Waals surface area contributed by atoms with Gasteiger partial charge in [-0.1, -0.05) is 59.7 Å². The number of nitrogens with one attached hydrogen (secondary N) is 1. The summed E-state index contributed by atoms with van der Waals surface area (Å²) in [6, 6.07) is 17.8. The standard InChI is InChI=1S/C21H15N5O2S/c27-16-10-14-8-4-5-9-15(14)18(13-6-2-1-3-7-13)23-19(16)24-21-26-25-20(28-21)17-11-22-12-29-17/h1-9,11-12,19H,10H2,(H,24,26). The lowest BCUT2D eigenvalue weighted by Crippen LogP contribution is -2.29. The van der Waals surface area contributed by atoms with Gasteiger partial charge in [0.2, 0.25) is 0 Å². The maximum atomic E-state index is 12.9. The summed E-state index contributed by atoms with van der Waals surface area (Å²) in [5, 5.41) is 11.0. The van der Waals surface area contributed by atoms with Gasteiger partial charge in [0.1, 0.15) is 4.88 Å². The van der Waals surface area contributed by atoms with Gasteiger partial charge in [-0.15, -0.1) is 16.4 Å². The minimum absolute atomic E-state index is 0.0686. The number of thiazole rings is 1. The van der Waals surface area contributed by atoms with Crippen molar-refractivity contribution in [3.8, 4) is 10.8 Å². The fourth-order valence-corrected chi connectivity index (χ4v) is 3.76. The van der Waals surface area contributed by atoms with Crippen LogP contribution in [0, 0.1) is 0 Å². The van der Waals surface area contributed by atoms with Gasteiger partial charge in [0.25, 0.3) is 5.89 Å². The van der Waals surface area contributed by atoms with Crippen LogP contribution >= 0.6 is 11.3 Å². The quantitative estimate of drug-likeness (QED) is 0.562. The molecule has 1 atom stereocenters. The third kappa shape index (κ3) is 3.45. The molecule has 1 aliphatic heterocycles. The number of ketones is 1. The van der Waals surface area contributed by atoms with Crippen molar-refractivity contribution in [2.24, 2.45) is 4.99 Å². The number of Topliss-reactive ketones (excluding diaryl/α,β-unsaturated/α-hetero) is 1. The lowest BCUT2D eigenvalue weighted by molar-refractivity contribution is -0.119. The summed E-state index contributed by atoms with van der Waals surface area (Å²) in [4.78, 5) is 22.5. The van der Waals surface area contributed by atoms with Crippen LogP contribution in [-0.4, -0.2) is 32.8 Å². The summed E-state index contributed by atoms with van der Waals surface area (Å²) in [6.07, 6.45) is 1.09. The molecule has 1 unspecified atom stereocenters. The first kappa shape index (κ1) is 17.4. The van der Waals surface area contributed by atoms with E-state index in [1.165, 1.54) is 11.3 Å². The van der Waals surface area contributed by atoms with Crippen LogP contribution in [0.5, 0.6) is 0 Å². The number of fused-ring (bicyclic) bond motifs is 1. The van der Waals surface area contributed by atoms with Crippen molar-refractivity contribution >= 4 is 28.8 Å². The highest BCUT2D eigenvalue weighted by molar-refractivity contribution is 7.13. The van der Waals surface area contributed by atoms with Crippen molar-refractivity contribution in [3.63, 3.8) is 0 Å². The Morgan fingerprint density at radius 1 is 1.03 bits per heavy atom. The lowest BCUT2D eigenvalue weighted by Gasteiger charge is -2.11. The number of aromatic nitrogens is 3. The van der Waals surface area contributed by atoms with Gasteiger partial charge in [-0.2, -0.15) is 0 Å². The molecule has 0 saturated heterocycles. The number of hydrogen-bond acceptors (Lipinski definition) is 8. The smallest absolute Gasteiger partial charge is 0.317 e. The van der Waals surface area contributed by atoms with Crippen LogP contribution in [0.25, 0.3) is 10.8 Å². The summed E-state index contributed by atoms with van der Waals surface area (Å²) in [5.41, 5.74) is 5.28. The van der Waals surface area contributed by atoms with E-state index >= 15 is 0 Å². The second-order valence-corrected chi connectivity index (χ2v) is 7.36. The summed E-state index contributed by atoms with van der Waals surface area (Å²) in [5.74, 6) is 0.285. The molecule has 0 aliphatic carbocycles. The molecule has 0 fully saturated rings.